The molecular weight excluding hydrogens is 276 g/mol. The van der Waals surface area contributed by atoms with Crippen molar-refractivity contribution in [2.75, 3.05) is 20.3 Å². The SMILES string of the molecule is COC[C@H]1CCC2/C1=C\C1(C)CCC(C)=C1C[C@@H](O)[C@H]2CO. The first kappa shape index (κ1) is 16.2. The Morgan fingerprint density at radius 3 is 2.82 bits per heavy atom. The van der Waals surface area contributed by atoms with E-state index in [-0.39, 0.29) is 17.9 Å². The first-order chi connectivity index (χ1) is 10.5. The van der Waals surface area contributed by atoms with E-state index in [0.29, 0.717) is 11.8 Å². The molecule has 0 aromatic rings. The van der Waals surface area contributed by atoms with Crippen LogP contribution < -0.4 is 0 Å². The van der Waals surface area contributed by atoms with E-state index in [2.05, 4.69) is 19.9 Å². The molecule has 3 aliphatic rings. The van der Waals surface area contributed by atoms with E-state index >= 15 is 0 Å². The highest BCUT2D eigenvalue weighted by Gasteiger charge is 2.45. The molecule has 0 heterocycles. The van der Waals surface area contributed by atoms with Gasteiger partial charge in [-0.05, 0) is 44.9 Å². The van der Waals surface area contributed by atoms with Crippen LogP contribution in [0.3, 0.4) is 0 Å². The molecule has 124 valence electrons. The van der Waals surface area contributed by atoms with Crippen molar-refractivity contribution in [2.45, 2.75) is 52.1 Å². The average molecular weight is 306 g/mol. The number of fused-ring (bicyclic) bond motifs is 2. The predicted octanol–water partition coefficient (Wildman–Crippen LogP) is 3.08. The number of aliphatic hydroxyl groups excluding tert-OH is 2. The summed E-state index contributed by atoms with van der Waals surface area (Å²) in [5.74, 6) is 0.742. The molecule has 0 aliphatic heterocycles. The maximum absolute atomic E-state index is 10.8. The number of rotatable bonds is 3. The van der Waals surface area contributed by atoms with Gasteiger partial charge in [-0.1, -0.05) is 29.7 Å². The van der Waals surface area contributed by atoms with Gasteiger partial charge in [-0.3, -0.25) is 0 Å². The minimum absolute atomic E-state index is 0.0291. The van der Waals surface area contributed by atoms with Gasteiger partial charge < -0.3 is 14.9 Å². The van der Waals surface area contributed by atoms with Gasteiger partial charge >= 0.3 is 0 Å². The molecule has 3 aliphatic carbocycles. The Hall–Kier alpha value is -0.640. The van der Waals surface area contributed by atoms with E-state index in [0.717, 1.165) is 38.7 Å². The van der Waals surface area contributed by atoms with Gasteiger partial charge in [0.1, 0.15) is 0 Å². The van der Waals surface area contributed by atoms with Crippen LogP contribution in [0.25, 0.3) is 0 Å². The number of hydrogen-bond acceptors (Lipinski definition) is 3. The Labute approximate surface area is 134 Å². The maximum atomic E-state index is 10.8. The molecule has 3 heteroatoms. The van der Waals surface area contributed by atoms with Crippen LogP contribution in [0, 0.1) is 23.2 Å². The van der Waals surface area contributed by atoms with Crippen molar-refractivity contribution in [2.24, 2.45) is 23.2 Å². The second-order valence-electron chi connectivity index (χ2n) is 7.77. The van der Waals surface area contributed by atoms with E-state index < -0.39 is 6.10 Å². The molecule has 0 aromatic carbocycles. The average Bonchev–Trinajstić information content (AvgIpc) is 2.97. The number of aliphatic hydroxyl groups is 2. The summed E-state index contributed by atoms with van der Waals surface area (Å²) in [7, 11) is 1.77. The molecule has 2 unspecified atom stereocenters. The van der Waals surface area contributed by atoms with Crippen molar-refractivity contribution in [3.8, 4) is 0 Å². The lowest BCUT2D eigenvalue weighted by Crippen LogP contribution is -2.35. The van der Waals surface area contributed by atoms with Crippen LogP contribution in [0.1, 0.15) is 46.0 Å². The lowest BCUT2D eigenvalue weighted by Gasteiger charge is -2.37. The van der Waals surface area contributed by atoms with Gasteiger partial charge in [0.15, 0.2) is 0 Å². The molecule has 2 N–H and O–H groups in total. The Kier molecular flexibility index (Phi) is 4.50. The molecule has 1 saturated carbocycles. The molecule has 0 saturated heterocycles. The quantitative estimate of drug-likeness (QED) is 0.788. The van der Waals surface area contributed by atoms with Crippen molar-refractivity contribution >= 4 is 0 Å². The largest absolute Gasteiger partial charge is 0.396 e. The molecule has 0 spiro atoms. The predicted molar refractivity (Wildman–Crippen MR) is 87.4 cm³/mol. The minimum Gasteiger partial charge on any atom is -0.396 e. The van der Waals surface area contributed by atoms with E-state index in [9.17, 15) is 10.2 Å². The summed E-state index contributed by atoms with van der Waals surface area (Å²) >= 11 is 0. The highest BCUT2D eigenvalue weighted by molar-refractivity contribution is 5.36. The summed E-state index contributed by atoms with van der Waals surface area (Å²) in [6.45, 7) is 5.37. The molecule has 0 amide bonds. The van der Waals surface area contributed by atoms with Crippen LogP contribution in [0.5, 0.6) is 0 Å². The van der Waals surface area contributed by atoms with E-state index in [1.54, 1.807) is 7.11 Å². The van der Waals surface area contributed by atoms with Gasteiger partial charge in [0, 0.05) is 31.0 Å². The third kappa shape index (κ3) is 2.57. The fourth-order valence-corrected chi connectivity index (χ4v) is 5.13. The molecule has 5 atom stereocenters. The maximum Gasteiger partial charge on any atom is 0.0633 e. The van der Waals surface area contributed by atoms with E-state index in [1.807, 2.05) is 0 Å². The number of allylic oxidation sites excluding steroid dienone is 2. The topological polar surface area (TPSA) is 49.7 Å². The van der Waals surface area contributed by atoms with Crippen molar-refractivity contribution in [1.82, 2.24) is 0 Å². The summed E-state index contributed by atoms with van der Waals surface area (Å²) < 4.78 is 5.43. The number of methoxy groups -OCH3 is 1. The van der Waals surface area contributed by atoms with Gasteiger partial charge in [-0.15, -0.1) is 0 Å². The Morgan fingerprint density at radius 1 is 1.36 bits per heavy atom. The lowest BCUT2D eigenvalue weighted by atomic mass is 9.70. The summed E-state index contributed by atoms with van der Waals surface area (Å²) in [6.07, 6.45) is 7.25. The molecule has 3 nitrogen and oxygen atoms in total. The fourth-order valence-electron chi connectivity index (χ4n) is 5.13. The number of hydrogen-bond donors (Lipinski definition) is 2. The zero-order valence-corrected chi connectivity index (χ0v) is 14.1. The first-order valence-electron chi connectivity index (χ1n) is 8.69. The zero-order valence-electron chi connectivity index (χ0n) is 14.1. The Morgan fingerprint density at radius 2 is 2.14 bits per heavy atom. The van der Waals surface area contributed by atoms with Crippen LogP contribution in [0.4, 0.5) is 0 Å². The normalized spacial score (nSPS) is 44.1. The van der Waals surface area contributed by atoms with Crippen molar-refractivity contribution in [3.05, 3.63) is 22.8 Å². The monoisotopic (exact) mass is 306 g/mol. The van der Waals surface area contributed by atoms with Gasteiger partial charge in [-0.25, -0.2) is 0 Å². The van der Waals surface area contributed by atoms with Crippen LogP contribution >= 0.6 is 0 Å². The number of ether oxygens (including phenoxy) is 1. The van der Waals surface area contributed by atoms with E-state index in [4.69, 9.17) is 4.74 Å². The fraction of sp³-hybridized carbons (Fsp3) is 0.789. The van der Waals surface area contributed by atoms with Gasteiger partial charge in [-0.2, -0.15) is 0 Å². The second-order valence-corrected chi connectivity index (χ2v) is 7.77. The highest BCUT2D eigenvalue weighted by atomic mass is 16.5. The molecule has 22 heavy (non-hydrogen) atoms. The van der Waals surface area contributed by atoms with Gasteiger partial charge in [0.05, 0.1) is 12.7 Å². The molecule has 0 radical (unpaired) electrons. The smallest absolute Gasteiger partial charge is 0.0633 e. The molecular formula is C19H30O3. The molecule has 3 rings (SSSR count). The van der Waals surface area contributed by atoms with E-state index in [1.165, 1.54) is 16.7 Å². The Balaban J connectivity index is 2.05. The molecule has 1 fully saturated rings. The van der Waals surface area contributed by atoms with Gasteiger partial charge in [0.2, 0.25) is 0 Å². The summed E-state index contributed by atoms with van der Waals surface area (Å²) in [6, 6.07) is 0. The zero-order chi connectivity index (χ0) is 15.9. The van der Waals surface area contributed by atoms with Crippen molar-refractivity contribution < 1.29 is 14.9 Å². The standard InChI is InChI=1S/C19H30O3/c1-12-6-7-19(2)9-15-13(11-22-3)4-5-14(15)16(10-20)18(21)8-17(12)19/h9,13-14,16,18,20-21H,4-8,10-11H2,1-3H3/b15-9-/t13-,14?,16+,18-,19?/m1/s1. The lowest BCUT2D eigenvalue weighted by molar-refractivity contribution is 0.0378. The summed E-state index contributed by atoms with van der Waals surface area (Å²) in [5.41, 5.74) is 4.38. The van der Waals surface area contributed by atoms with Gasteiger partial charge in [0.25, 0.3) is 0 Å². The third-order valence-electron chi connectivity index (χ3n) is 6.44. The van der Waals surface area contributed by atoms with Crippen molar-refractivity contribution in [1.29, 1.82) is 0 Å². The first-order valence-corrected chi connectivity index (χ1v) is 8.69. The third-order valence-corrected chi connectivity index (χ3v) is 6.44. The van der Waals surface area contributed by atoms with Crippen LogP contribution in [-0.2, 0) is 4.74 Å². The van der Waals surface area contributed by atoms with Crippen LogP contribution in [0.2, 0.25) is 0 Å². The van der Waals surface area contributed by atoms with Crippen LogP contribution in [-0.4, -0.2) is 36.6 Å². The molecule has 0 bridgehead atoms. The summed E-state index contributed by atoms with van der Waals surface area (Å²) in [4.78, 5) is 0. The summed E-state index contributed by atoms with van der Waals surface area (Å²) in [5, 5.41) is 20.6. The molecule has 0 aromatic heterocycles. The van der Waals surface area contributed by atoms with Crippen LogP contribution in [0.15, 0.2) is 22.8 Å². The Bertz CT molecular complexity index is 493. The second kappa shape index (κ2) is 6.10. The highest BCUT2D eigenvalue weighted by Crippen LogP contribution is 2.53. The van der Waals surface area contributed by atoms with Crippen molar-refractivity contribution in [3.63, 3.8) is 0 Å². The minimum atomic E-state index is -0.428.